The fourth-order valence-electron chi connectivity index (χ4n) is 3.01. The fraction of sp³-hybridized carbons (Fsp3) is 0. The molecule has 0 spiro atoms. The van der Waals surface area contributed by atoms with Crippen LogP contribution in [-0.2, 0) is 0 Å². The summed E-state index contributed by atoms with van der Waals surface area (Å²) in [4.78, 5) is 13.2. The molecular weight excluding hydrogens is 298 g/mol. The Bertz CT molecular complexity index is 1290. The minimum atomic E-state index is 0.745. The van der Waals surface area contributed by atoms with Crippen LogP contribution in [0.1, 0.15) is 0 Å². The Labute approximate surface area is 136 Å². The molecule has 0 radical (unpaired) electrons. The first-order valence-electron chi connectivity index (χ1n) is 7.62. The number of hydrogen-bond donors (Lipinski definition) is 0. The van der Waals surface area contributed by atoms with Gasteiger partial charge in [-0.1, -0.05) is 24.3 Å². The molecule has 5 rings (SSSR count). The lowest BCUT2D eigenvalue weighted by Gasteiger charge is -2.05. The van der Waals surface area contributed by atoms with E-state index in [1.54, 1.807) is 24.7 Å². The zero-order valence-corrected chi connectivity index (χ0v) is 12.6. The van der Waals surface area contributed by atoms with E-state index in [9.17, 15) is 0 Å². The number of pyridine rings is 2. The lowest BCUT2D eigenvalue weighted by Crippen LogP contribution is -2.18. The molecule has 0 amide bonds. The number of rotatable bonds is 1. The second kappa shape index (κ2) is 5.01. The predicted octanol–water partition coefficient (Wildman–Crippen LogP) is 2.80. The van der Waals surface area contributed by atoms with Crippen LogP contribution in [0.15, 0.2) is 64.3 Å². The van der Waals surface area contributed by atoms with E-state index in [1.807, 2.05) is 30.3 Å². The van der Waals surface area contributed by atoms with Crippen molar-refractivity contribution in [2.24, 2.45) is 4.99 Å². The molecule has 4 heterocycles. The van der Waals surface area contributed by atoms with E-state index in [0.29, 0.717) is 0 Å². The summed E-state index contributed by atoms with van der Waals surface area (Å²) in [5, 5.41) is 3.03. The zero-order valence-electron chi connectivity index (χ0n) is 12.6. The molecule has 0 bridgehead atoms. The van der Waals surface area contributed by atoms with Crippen molar-refractivity contribution < 1.29 is 4.42 Å². The molecular formula is C20H11N3O. The van der Waals surface area contributed by atoms with E-state index in [4.69, 9.17) is 4.42 Å². The summed E-state index contributed by atoms with van der Waals surface area (Å²) >= 11 is 0. The normalized spacial score (nSPS) is 12.7. The lowest BCUT2D eigenvalue weighted by atomic mass is 10.1. The summed E-state index contributed by atoms with van der Waals surface area (Å²) in [6.07, 6.45) is 8.94. The molecule has 4 heteroatoms. The molecule has 1 aliphatic heterocycles. The van der Waals surface area contributed by atoms with Crippen LogP contribution in [0.3, 0.4) is 0 Å². The maximum atomic E-state index is 5.85. The molecule has 1 aliphatic rings. The van der Waals surface area contributed by atoms with Gasteiger partial charge in [-0.2, -0.15) is 0 Å². The van der Waals surface area contributed by atoms with Gasteiger partial charge in [0.15, 0.2) is 5.58 Å². The standard InChI is InChI=1S/C20H11N3O/c1-4-13-5-2-9-22-20(13)14(6-1)17-10-15-16-11-21-8-3-7-18(16)24-19(15)12-23-17/h1-7,9-12H. The maximum Gasteiger partial charge on any atom is 0.153 e. The van der Waals surface area contributed by atoms with Gasteiger partial charge in [-0.25, -0.2) is 4.99 Å². The minimum absolute atomic E-state index is 0.745. The van der Waals surface area contributed by atoms with Gasteiger partial charge in [0.1, 0.15) is 5.42 Å². The van der Waals surface area contributed by atoms with Gasteiger partial charge in [0.2, 0.25) is 0 Å². The topological polar surface area (TPSA) is 51.3 Å². The first-order chi connectivity index (χ1) is 11.9. The van der Waals surface area contributed by atoms with Gasteiger partial charge in [0.05, 0.1) is 17.4 Å². The van der Waals surface area contributed by atoms with E-state index in [2.05, 4.69) is 33.0 Å². The van der Waals surface area contributed by atoms with Crippen molar-refractivity contribution in [3.63, 3.8) is 0 Å². The molecule has 0 fully saturated rings. The summed E-state index contributed by atoms with van der Waals surface area (Å²) in [5.74, 6) is 2.82. The van der Waals surface area contributed by atoms with Crippen molar-refractivity contribution in [2.75, 3.05) is 0 Å². The van der Waals surface area contributed by atoms with Crippen LogP contribution in [0.4, 0.5) is 0 Å². The van der Waals surface area contributed by atoms with Crippen LogP contribution < -0.4 is 10.6 Å². The average molecular weight is 309 g/mol. The molecule has 4 nitrogen and oxygen atoms in total. The summed E-state index contributed by atoms with van der Waals surface area (Å²) in [7, 11) is 0. The minimum Gasteiger partial charge on any atom is -0.454 e. The van der Waals surface area contributed by atoms with Gasteiger partial charge < -0.3 is 4.42 Å². The molecule has 24 heavy (non-hydrogen) atoms. The molecule has 0 aliphatic carbocycles. The van der Waals surface area contributed by atoms with Crippen LogP contribution in [-0.4, -0.2) is 15.8 Å². The smallest absolute Gasteiger partial charge is 0.153 e. The van der Waals surface area contributed by atoms with Gasteiger partial charge in [-0.15, -0.1) is 0 Å². The van der Waals surface area contributed by atoms with Gasteiger partial charge in [0.25, 0.3) is 0 Å². The molecule has 1 aromatic carbocycles. The average Bonchev–Trinajstić information content (AvgIpc) is 2.81. The number of allylic oxidation sites excluding steroid dienone is 1. The van der Waals surface area contributed by atoms with E-state index in [1.165, 1.54) is 0 Å². The van der Waals surface area contributed by atoms with Gasteiger partial charge >= 0.3 is 0 Å². The third-order valence-electron chi connectivity index (χ3n) is 4.13. The molecule has 0 saturated heterocycles. The first kappa shape index (κ1) is 13.0. The van der Waals surface area contributed by atoms with Gasteiger partial charge in [0, 0.05) is 40.0 Å². The molecule has 0 atom stereocenters. The SMILES string of the molecule is C1=CC=c2oc3cnc(-c4cccc5cccnc45)cc3c2=CN=1. The largest absolute Gasteiger partial charge is 0.454 e. The molecule has 0 saturated carbocycles. The Morgan fingerprint density at radius 1 is 1.04 bits per heavy atom. The molecule has 4 aromatic rings. The van der Waals surface area contributed by atoms with E-state index in [-0.39, 0.29) is 0 Å². The van der Waals surface area contributed by atoms with Gasteiger partial charge in [-0.3, -0.25) is 9.97 Å². The van der Waals surface area contributed by atoms with Crippen molar-refractivity contribution in [3.8, 4) is 11.3 Å². The summed E-state index contributed by atoms with van der Waals surface area (Å²) < 4.78 is 5.85. The predicted molar refractivity (Wildman–Crippen MR) is 94.9 cm³/mol. The first-order valence-corrected chi connectivity index (χ1v) is 7.62. The van der Waals surface area contributed by atoms with Crippen LogP contribution in [0, 0.1) is 0 Å². The van der Waals surface area contributed by atoms with E-state index in [0.717, 1.165) is 43.8 Å². The Morgan fingerprint density at radius 2 is 2.00 bits per heavy atom. The van der Waals surface area contributed by atoms with Crippen LogP contribution >= 0.6 is 0 Å². The van der Waals surface area contributed by atoms with Crippen LogP contribution in [0.5, 0.6) is 0 Å². The number of benzene rings is 1. The number of aliphatic imine (C=N–C) groups is 1. The number of para-hydroxylation sites is 1. The van der Waals surface area contributed by atoms with Crippen molar-refractivity contribution in [1.29, 1.82) is 0 Å². The maximum absolute atomic E-state index is 5.85. The number of hydrogen-bond acceptors (Lipinski definition) is 4. The van der Waals surface area contributed by atoms with Crippen molar-refractivity contribution in [1.82, 2.24) is 9.97 Å². The van der Waals surface area contributed by atoms with Crippen LogP contribution in [0.2, 0.25) is 0 Å². The number of aromatic nitrogens is 2. The third-order valence-corrected chi connectivity index (χ3v) is 4.13. The highest BCUT2D eigenvalue weighted by Crippen LogP contribution is 2.26. The zero-order chi connectivity index (χ0) is 15.9. The molecule has 3 aromatic heterocycles. The number of fused-ring (bicyclic) bond motifs is 4. The Kier molecular flexibility index (Phi) is 2.72. The molecule has 0 N–H and O–H groups in total. The molecule has 112 valence electrons. The highest BCUT2D eigenvalue weighted by Gasteiger charge is 2.10. The van der Waals surface area contributed by atoms with Crippen LogP contribution in [0.25, 0.3) is 45.4 Å². The van der Waals surface area contributed by atoms with Crippen molar-refractivity contribution in [2.45, 2.75) is 0 Å². The van der Waals surface area contributed by atoms with Crippen molar-refractivity contribution >= 4 is 40.0 Å². The Balaban J connectivity index is 1.84. The fourth-order valence-corrected chi connectivity index (χ4v) is 3.01. The third kappa shape index (κ3) is 1.91. The van der Waals surface area contributed by atoms with E-state index < -0.39 is 0 Å². The van der Waals surface area contributed by atoms with E-state index >= 15 is 0 Å². The number of nitrogens with zero attached hydrogens (tertiary/aromatic N) is 3. The lowest BCUT2D eigenvalue weighted by molar-refractivity contribution is 0.574. The summed E-state index contributed by atoms with van der Waals surface area (Å²) in [5.41, 5.74) is 4.33. The number of furan rings is 1. The Morgan fingerprint density at radius 3 is 3.00 bits per heavy atom. The monoisotopic (exact) mass is 309 g/mol. The highest BCUT2D eigenvalue weighted by molar-refractivity contribution is 5.94. The second-order valence-corrected chi connectivity index (χ2v) is 5.55. The second-order valence-electron chi connectivity index (χ2n) is 5.55. The van der Waals surface area contributed by atoms with Gasteiger partial charge in [-0.05, 0) is 24.1 Å². The summed E-state index contributed by atoms with van der Waals surface area (Å²) in [6.45, 7) is 0. The van der Waals surface area contributed by atoms with Crippen molar-refractivity contribution in [3.05, 3.63) is 65.5 Å². The quantitative estimate of drug-likeness (QED) is 0.543. The highest BCUT2D eigenvalue weighted by atomic mass is 16.3. The summed E-state index contributed by atoms with van der Waals surface area (Å²) in [6, 6.07) is 12.1. The Hall–Kier alpha value is -3.49. The molecule has 0 unspecified atom stereocenters.